The van der Waals surface area contributed by atoms with Gasteiger partial charge in [0.25, 0.3) is 5.91 Å². The summed E-state index contributed by atoms with van der Waals surface area (Å²) in [7, 11) is 1.39. The molecule has 0 saturated carbocycles. The van der Waals surface area contributed by atoms with Gasteiger partial charge in [-0.3, -0.25) is 14.4 Å². The van der Waals surface area contributed by atoms with Crippen LogP contribution in [0.15, 0.2) is 66.7 Å². The summed E-state index contributed by atoms with van der Waals surface area (Å²) in [5, 5.41) is 7.19. The molecule has 0 aliphatic heterocycles. The van der Waals surface area contributed by atoms with Crippen LogP contribution in [0.1, 0.15) is 44.4 Å². The number of carbonyl (C=O) groups is 4. The molecule has 3 rings (SSSR count). The van der Waals surface area contributed by atoms with Crippen molar-refractivity contribution in [2.24, 2.45) is 5.73 Å². The van der Waals surface area contributed by atoms with E-state index < -0.39 is 47.9 Å². The highest BCUT2D eigenvalue weighted by Crippen LogP contribution is 2.27. The Bertz CT molecular complexity index is 1440. The quantitative estimate of drug-likeness (QED) is 0.384. The minimum atomic E-state index is -1.38. The number of hydrogen-bond donors (Lipinski definition) is 3. The van der Waals surface area contributed by atoms with Crippen LogP contribution in [0.3, 0.4) is 0 Å². The summed E-state index contributed by atoms with van der Waals surface area (Å²) in [6.45, 7) is 4.98. The number of fused-ring (bicyclic) bond motifs is 1. The molecular weight excluding hydrogens is 496 g/mol. The first-order valence-corrected chi connectivity index (χ1v) is 12.3. The Hall–Kier alpha value is -4.84. The normalized spacial score (nSPS) is 12.5. The highest BCUT2D eigenvalue weighted by atomic mass is 16.6. The topological polar surface area (TPSA) is 131 Å². The van der Waals surface area contributed by atoms with Gasteiger partial charge in [0.15, 0.2) is 0 Å². The predicted octanol–water partition coefficient (Wildman–Crippen LogP) is 3.73. The van der Waals surface area contributed by atoms with E-state index in [0.29, 0.717) is 16.8 Å². The Morgan fingerprint density at radius 3 is 2.28 bits per heavy atom. The van der Waals surface area contributed by atoms with Crippen LogP contribution in [-0.4, -0.2) is 47.4 Å². The van der Waals surface area contributed by atoms with Crippen LogP contribution >= 0.6 is 0 Å². The number of anilines is 1. The van der Waals surface area contributed by atoms with Crippen molar-refractivity contribution in [2.45, 2.75) is 44.9 Å². The van der Waals surface area contributed by atoms with E-state index in [-0.39, 0.29) is 0 Å². The molecule has 4 N–H and O–H groups in total. The lowest BCUT2D eigenvalue weighted by molar-refractivity contribution is -0.140. The van der Waals surface area contributed by atoms with Crippen molar-refractivity contribution in [3.05, 3.63) is 77.9 Å². The molecule has 0 heterocycles. The molecule has 9 heteroatoms. The van der Waals surface area contributed by atoms with Crippen LogP contribution in [0.4, 0.5) is 10.5 Å². The first-order chi connectivity index (χ1) is 18.4. The van der Waals surface area contributed by atoms with Gasteiger partial charge in [0.2, 0.25) is 11.8 Å². The lowest BCUT2D eigenvalue weighted by Gasteiger charge is -2.31. The van der Waals surface area contributed by atoms with Gasteiger partial charge in [-0.2, -0.15) is 0 Å². The monoisotopic (exact) mass is 528 g/mol. The summed E-state index contributed by atoms with van der Waals surface area (Å²) in [6, 6.07) is 17.3. The molecule has 9 nitrogen and oxygen atoms in total. The number of ether oxygens (including phenoxy) is 1. The molecule has 2 unspecified atom stereocenters. The average molecular weight is 529 g/mol. The van der Waals surface area contributed by atoms with E-state index in [4.69, 9.17) is 16.9 Å². The van der Waals surface area contributed by atoms with Gasteiger partial charge in [0, 0.05) is 18.3 Å². The van der Waals surface area contributed by atoms with Crippen molar-refractivity contribution in [3.63, 3.8) is 0 Å². The van der Waals surface area contributed by atoms with Crippen molar-refractivity contribution < 1.29 is 23.9 Å². The third-order valence-electron chi connectivity index (χ3n) is 5.81. The van der Waals surface area contributed by atoms with E-state index in [1.54, 1.807) is 51.1 Å². The van der Waals surface area contributed by atoms with Gasteiger partial charge in [-0.1, -0.05) is 54.5 Å². The number of alkyl carbamates (subject to hydrolysis) is 1. The molecule has 0 aliphatic carbocycles. The van der Waals surface area contributed by atoms with Crippen molar-refractivity contribution in [3.8, 4) is 12.3 Å². The largest absolute Gasteiger partial charge is 0.444 e. The van der Waals surface area contributed by atoms with Gasteiger partial charge in [-0.05, 0) is 55.3 Å². The molecule has 0 aromatic heterocycles. The first-order valence-electron chi connectivity index (χ1n) is 12.3. The maximum absolute atomic E-state index is 13.7. The van der Waals surface area contributed by atoms with E-state index in [1.807, 2.05) is 36.4 Å². The Labute approximate surface area is 227 Å². The molecule has 2 atom stereocenters. The molecule has 0 saturated heterocycles. The summed E-state index contributed by atoms with van der Waals surface area (Å²) < 4.78 is 5.24. The molecule has 0 fully saturated rings. The highest BCUT2D eigenvalue weighted by Gasteiger charge is 2.35. The van der Waals surface area contributed by atoms with Gasteiger partial charge < -0.3 is 26.0 Å². The SMILES string of the molecule is C#Cc1ccccc1C(C(=O)Nc1ccc2ccccc2c1)N(C)C(=O)C(CC(N)=O)NC(=O)OC(C)(C)C. The van der Waals surface area contributed by atoms with E-state index in [1.165, 1.54) is 7.05 Å². The molecule has 39 heavy (non-hydrogen) atoms. The Balaban J connectivity index is 1.97. The highest BCUT2D eigenvalue weighted by molar-refractivity contribution is 6.01. The standard InChI is InChI=1S/C30H32N4O5/c1-6-19-11-9-10-14-23(19)26(27(36)32-22-16-15-20-12-7-8-13-21(20)17-22)34(5)28(37)24(18-25(31)35)33-29(38)39-30(2,3)4/h1,7-17,24,26H,18H2,2-5H3,(H2,31,35)(H,32,36)(H,33,38). The second-order valence-corrected chi connectivity index (χ2v) is 10.0. The minimum Gasteiger partial charge on any atom is -0.444 e. The third kappa shape index (κ3) is 7.58. The molecule has 202 valence electrons. The van der Waals surface area contributed by atoms with E-state index in [9.17, 15) is 19.2 Å². The van der Waals surface area contributed by atoms with Crippen LogP contribution < -0.4 is 16.4 Å². The lowest BCUT2D eigenvalue weighted by Crippen LogP contribution is -2.52. The number of benzene rings is 3. The van der Waals surface area contributed by atoms with Gasteiger partial charge in [-0.25, -0.2) is 4.79 Å². The number of nitrogens with zero attached hydrogens (tertiary/aromatic N) is 1. The van der Waals surface area contributed by atoms with Crippen molar-refractivity contribution in [1.82, 2.24) is 10.2 Å². The zero-order valence-corrected chi connectivity index (χ0v) is 22.4. The zero-order valence-electron chi connectivity index (χ0n) is 22.4. The summed E-state index contributed by atoms with van der Waals surface area (Å²) in [5.74, 6) is 0.456. The van der Waals surface area contributed by atoms with Crippen molar-refractivity contribution in [1.29, 1.82) is 0 Å². The van der Waals surface area contributed by atoms with Gasteiger partial charge in [-0.15, -0.1) is 6.42 Å². The van der Waals surface area contributed by atoms with Crippen LogP contribution in [-0.2, 0) is 19.1 Å². The fourth-order valence-corrected chi connectivity index (χ4v) is 4.09. The number of amides is 4. The second-order valence-electron chi connectivity index (χ2n) is 10.0. The number of carbonyl (C=O) groups excluding carboxylic acids is 4. The molecule has 3 aromatic rings. The molecule has 3 aromatic carbocycles. The van der Waals surface area contributed by atoms with Gasteiger partial charge in [0.05, 0.1) is 6.42 Å². The maximum Gasteiger partial charge on any atom is 0.408 e. The van der Waals surface area contributed by atoms with Crippen LogP contribution in [0.5, 0.6) is 0 Å². The van der Waals surface area contributed by atoms with Crippen LogP contribution in [0.25, 0.3) is 10.8 Å². The summed E-state index contributed by atoms with van der Waals surface area (Å²) in [5.41, 5.74) is 5.84. The van der Waals surface area contributed by atoms with Gasteiger partial charge in [0.1, 0.15) is 17.7 Å². The third-order valence-corrected chi connectivity index (χ3v) is 5.81. The number of nitrogens with two attached hydrogens (primary N) is 1. The summed E-state index contributed by atoms with van der Waals surface area (Å²) in [6.07, 6.45) is 4.30. The number of primary amides is 1. The van der Waals surface area contributed by atoms with Crippen LogP contribution in [0, 0.1) is 12.3 Å². The molecule has 0 radical (unpaired) electrons. The number of nitrogens with one attached hydrogen (secondary N) is 2. The molecule has 0 spiro atoms. The molecule has 0 aliphatic rings. The summed E-state index contributed by atoms with van der Waals surface area (Å²) in [4.78, 5) is 52.7. The summed E-state index contributed by atoms with van der Waals surface area (Å²) >= 11 is 0. The fraction of sp³-hybridized carbons (Fsp3) is 0.267. The van der Waals surface area contributed by atoms with Crippen molar-refractivity contribution >= 4 is 40.3 Å². The predicted molar refractivity (Wildman–Crippen MR) is 149 cm³/mol. The molecule has 4 amide bonds. The average Bonchev–Trinajstić information content (AvgIpc) is 2.86. The Morgan fingerprint density at radius 2 is 1.64 bits per heavy atom. The zero-order chi connectivity index (χ0) is 28.7. The van der Waals surface area contributed by atoms with E-state index in [2.05, 4.69) is 16.6 Å². The smallest absolute Gasteiger partial charge is 0.408 e. The van der Waals surface area contributed by atoms with E-state index >= 15 is 0 Å². The number of terminal acetylenes is 1. The van der Waals surface area contributed by atoms with Crippen molar-refractivity contribution in [2.75, 3.05) is 12.4 Å². The second kappa shape index (κ2) is 12.1. The van der Waals surface area contributed by atoms with Crippen LogP contribution in [0.2, 0.25) is 0 Å². The number of likely N-dealkylation sites (N-methyl/N-ethyl adjacent to an activating group) is 1. The Kier molecular flexibility index (Phi) is 8.94. The first kappa shape index (κ1) is 28.7. The van der Waals surface area contributed by atoms with E-state index in [0.717, 1.165) is 15.7 Å². The van der Waals surface area contributed by atoms with Gasteiger partial charge >= 0.3 is 6.09 Å². The maximum atomic E-state index is 13.7. The fourth-order valence-electron chi connectivity index (χ4n) is 4.09. The number of hydrogen-bond acceptors (Lipinski definition) is 5. The number of rotatable bonds is 8. The molecule has 0 bridgehead atoms. The molecular formula is C30H32N4O5. The minimum absolute atomic E-state index is 0.393. The Morgan fingerprint density at radius 1 is 1.00 bits per heavy atom. The lowest BCUT2D eigenvalue weighted by atomic mass is 9.97.